The van der Waals surface area contributed by atoms with Crippen LogP contribution in [0.2, 0.25) is 0 Å². The third-order valence-electron chi connectivity index (χ3n) is 3.48. The van der Waals surface area contributed by atoms with Crippen molar-refractivity contribution >= 4 is 5.97 Å². The highest BCUT2D eigenvalue weighted by molar-refractivity contribution is 5.81. The fourth-order valence-corrected chi connectivity index (χ4v) is 2.39. The predicted octanol–water partition coefficient (Wildman–Crippen LogP) is 3.71. The van der Waals surface area contributed by atoms with E-state index in [4.69, 9.17) is 4.74 Å². The second-order valence-corrected chi connectivity index (χ2v) is 5.78. The Labute approximate surface area is 99.1 Å². The molecule has 0 radical (unpaired) electrons. The molecule has 16 heavy (non-hydrogen) atoms. The van der Waals surface area contributed by atoms with E-state index in [9.17, 15) is 4.79 Å². The van der Waals surface area contributed by atoms with E-state index in [1.165, 1.54) is 18.9 Å². The number of hydrogen-bond acceptors (Lipinski definition) is 2. The molecule has 0 saturated heterocycles. The van der Waals surface area contributed by atoms with Crippen LogP contribution in [-0.2, 0) is 9.53 Å². The van der Waals surface area contributed by atoms with Gasteiger partial charge in [0.05, 0.1) is 0 Å². The third-order valence-corrected chi connectivity index (χ3v) is 3.48. The summed E-state index contributed by atoms with van der Waals surface area (Å²) in [4.78, 5) is 11.3. The average Bonchev–Trinajstić information content (AvgIpc) is 2.17. The molecule has 1 aliphatic rings. The topological polar surface area (TPSA) is 26.3 Å². The summed E-state index contributed by atoms with van der Waals surface area (Å²) in [6, 6.07) is 0. The number of allylic oxidation sites excluding steroid dienone is 1. The van der Waals surface area contributed by atoms with Crippen molar-refractivity contribution in [1.29, 1.82) is 0 Å². The Morgan fingerprint density at radius 2 is 1.75 bits per heavy atom. The van der Waals surface area contributed by atoms with Crippen LogP contribution in [0.3, 0.4) is 0 Å². The first-order chi connectivity index (χ1) is 7.43. The minimum atomic E-state index is -0.193. The van der Waals surface area contributed by atoms with Gasteiger partial charge in [-0.2, -0.15) is 0 Å². The number of esters is 1. The van der Waals surface area contributed by atoms with Crippen molar-refractivity contribution in [3.63, 3.8) is 0 Å². The van der Waals surface area contributed by atoms with E-state index in [1.807, 2.05) is 6.92 Å². The van der Waals surface area contributed by atoms with Gasteiger partial charge >= 0.3 is 5.97 Å². The van der Waals surface area contributed by atoms with Crippen molar-refractivity contribution in [2.45, 2.75) is 59.5 Å². The normalized spacial score (nSPS) is 27.0. The number of rotatable bonds is 2. The van der Waals surface area contributed by atoms with Gasteiger partial charge in [0, 0.05) is 6.08 Å². The molecule has 1 saturated carbocycles. The van der Waals surface area contributed by atoms with Gasteiger partial charge in [-0.1, -0.05) is 26.8 Å². The lowest BCUT2D eigenvalue weighted by molar-refractivity contribution is -0.145. The Balaban J connectivity index is 2.35. The molecule has 1 fully saturated rings. The molecule has 0 aliphatic heterocycles. The van der Waals surface area contributed by atoms with Crippen LogP contribution in [0.5, 0.6) is 0 Å². The van der Waals surface area contributed by atoms with E-state index < -0.39 is 0 Å². The highest BCUT2D eigenvalue weighted by atomic mass is 16.5. The van der Waals surface area contributed by atoms with Crippen molar-refractivity contribution in [2.24, 2.45) is 11.3 Å². The van der Waals surface area contributed by atoms with Crippen molar-refractivity contribution in [3.8, 4) is 0 Å². The smallest absolute Gasteiger partial charge is 0.330 e. The molecule has 0 aromatic carbocycles. The molecule has 0 aromatic rings. The third kappa shape index (κ3) is 3.99. The molecule has 2 nitrogen and oxygen atoms in total. The zero-order valence-corrected chi connectivity index (χ0v) is 11.0. The molecule has 0 unspecified atom stereocenters. The maximum absolute atomic E-state index is 11.3. The fraction of sp³-hybridized carbons (Fsp3) is 0.786. The van der Waals surface area contributed by atoms with Crippen molar-refractivity contribution in [2.75, 3.05) is 0 Å². The first-order valence-electron chi connectivity index (χ1n) is 6.26. The van der Waals surface area contributed by atoms with Gasteiger partial charge in [0.2, 0.25) is 0 Å². The lowest BCUT2D eigenvalue weighted by atomic mass is 9.72. The number of carbonyl (C=O) groups is 1. The van der Waals surface area contributed by atoms with Gasteiger partial charge in [0.15, 0.2) is 0 Å². The highest BCUT2D eigenvalue weighted by Gasteiger charge is 2.30. The monoisotopic (exact) mass is 224 g/mol. The molecule has 92 valence electrons. The first kappa shape index (κ1) is 13.3. The maximum atomic E-state index is 11.3. The first-order valence-corrected chi connectivity index (χ1v) is 6.26. The summed E-state index contributed by atoms with van der Waals surface area (Å²) in [6.07, 6.45) is 7.76. The molecule has 1 rings (SSSR count). The lowest BCUT2D eigenvalue weighted by Crippen LogP contribution is -2.30. The minimum Gasteiger partial charge on any atom is -0.459 e. The van der Waals surface area contributed by atoms with Crippen LogP contribution in [-0.4, -0.2) is 12.1 Å². The summed E-state index contributed by atoms with van der Waals surface area (Å²) in [7, 11) is 0. The summed E-state index contributed by atoms with van der Waals surface area (Å²) in [5.74, 6) is 0.575. The van der Waals surface area contributed by atoms with Gasteiger partial charge in [-0.05, 0) is 43.9 Å². The Morgan fingerprint density at radius 3 is 2.19 bits per heavy atom. The van der Waals surface area contributed by atoms with E-state index in [1.54, 1.807) is 6.08 Å². The number of carbonyl (C=O) groups excluding carboxylic acids is 1. The van der Waals surface area contributed by atoms with E-state index in [2.05, 4.69) is 20.8 Å². The van der Waals surface area contributed by atoms with Gasteiger partial charge in [-0.3, -0.25) is 0 Å². The predicted molar refractivity (Wildman–Crippen MR) is 66.1 cm³/mol. The molecule has 0 aromatic heterocycles. The molecule has 0 atom stereocenters. The number of ether oxygens (including phenoxy) is 1. The molecule has 1 aliphatic carbocycles. The number of hydrogen-bond donors (Lipinski definition) is 0. The molecule has 2 heteroatoms. The van der Waals surface area contributed by atoms with Crippen LogP contribution in [0.1, 0.15) is 53.4 Å². The molecular weight excluding hydrogens is 200 g/mol. The van der Waals surface area contributed by atoms with Crippen molar-refractivity contribution in [1.82, 2.24) is 0 Å². The Hall–Kier alpha value is -0.790. The van der Waals surface area contributed by atoms with Gasteiger partial charge in [-0.15, -0.1) is 0 Å². The second-order valence-electron chi connectivity index (χ2n) is 5.78. The minimum absolute atomic E-state index is 0.141. The standard InChI is InChI=1S/C14H24O2/c1-5-6-13(15)16-12-9-7-11(8-10-12)14(2,3)4/h5-6,11-12H,7-10H2,1-4H3. The van der Waals surface area contributed by atoms with E-state index in [0.717, 1.165) is 18.8 Å². The summed E-state index contributed by atoms with van der Waals surface area (Å²) in [5, 5.41) is 0. The largest absolute Gasteiger partial charge is 0.459 e. The van der Waals surface area contributed by atoms with Gasteiger partial charge < -0.3 is 4.74 Å². The average molecular weight is 224 g/mol. The van der Waals surface area contributed by atoms with Crippen molar-refractivity contribution in [3.05, 3.63) is 12.2 Å². The SMILES string of the molecule is CC=CC(=O)OC1CCC(C(C)(C)C)CC1. The summed E-state index contributed by atoms with van der Waals surface area (Å²) >= 11 is 0. The van der Waals surface area contributed by atoms with Crippen LogP contribution in [0.25, 0.3) is 0 Å². The molecule has 0 amide bonds. The van der Waals surface area contributed by atoms with Crippen LogP contribution in [0.4, 0.5) is 0 Å². The fourth-order valence-electron chi connectivity index (χ4n) is 2.39. The van der Waals surface area contributed by atoms with Gasteiger partial charge in [0.1, 0.15) is 6.10 Å². The zero-order chi connectivity index (χ0) is 12.2. The van der Waals surface area contributed by atoms with Crippen molar-refractivity contribution < 1.29 is 9.53 Å². The summed E-state index contributed by atoms with van der Waals surface area (Å²) in [5.41, 5.74) is 0.387. The maximum Gasteiger partial charge on any atom is 0.330 e. The van der Waals surface area contributed by atoms with E-state index in [-0.39, 0.29) is 12.1 Å². The van der Waals surface area contributed by atoms with E-state index >= 15 is 0 Å². The molecular formula is C14H24O2. The lowest BCUT2D eigenvalue weighted by Gasteiger charge is -2.36. The van der Waals surface area contributed by atoms with Crippen LogP contribution >= 0.6 is 0 Å². The Morgan fingerprint density at radius 1 is 1.19 bits per heavy atom. The van der Waals surface area contributed by atoms with Crippen LogP contribution in [0, 0.1) is 11.3 Å². The van der Waals surface area contributed by atoms with Gasteiger partial charge in [-0.25, -0.2) is 4.79 Å². The van der Waals surface area contributed by atoms with E-state index in [0.29, 0.717) is 5.41 Å². The molecule has 0 spiro atoms. The molecule has 0 bridgehead atoms. The molecule has 0 heterocycles. The summed E-state index contributed by atoms with van der Waals surface area (Å²) in [6.45, 7) is 8.72. The summed E-state index contributed by atoms with van der Waals surface area (Å²) < 4.78 is 5.37. The Bertz CT molecular complexity index is 252. The molecule has 0 N–H and O–H groups in total. The van der Waals surface area contributed by atoms with Gasteiger partial charge in [0.25, 0.3) is 0 Å². The quantitative estimate of drug-likeness (QED) is 0.528. The highest BCUT2D eigenvalue weighted by Crippen LogP contribution is 2.38. The Kier molecular flexibility index (Phi) is 4.57. The zero-order valence-electron chi connectivity index (χ0n) is 11.0. The second kappa shape index (κ2) is 5.51. The van der Waals surface area contributed by atoms with Crippen LogP contribution < -0.4 is 0 Å². The van der Waals surface area contributed by atoms with Crippen LogP contribution in [0.15, 0.2) is 12.2 Å².